The van der Waals surface area contributed by atoms with E-state index in [1.807, 2.05) is 13.8 Å². The Hall–Kier alpha value is -3.30. The summed E-state index contributed by atoms with van der Waals surface area (Å²) < 4.78 is 10.2. The number of carbonyl (C=O) groups is 4. The standard InChI is InChI=1S/C26H41N3O7/c1-9-17(4)29(24(33)18(5)28-25(34)36-26(6,7)8)22(19-11-12-20(30)16(3)15-19)23(32)27-14-13-21(31)35-10-2/h11-12,15,17-18,22,30H,9-10,13-14H2,1-8H3,(H,27,32)(H,28,34). The summed E-state index contributed by atoms with van der Waals surface area (Å²) in [6, 6.07) is 2.24. The first-order valence-electron chi connectivity index (χ1n) is 12.3. The molecule has 0 aliphatic heterocycles. The van der Waals surface area contributed by atoms with Crippen LogP contribution in [0.4, 0.5) is 4.79 Å². The number of aryl methyl sites for hydroxylation is 1. The number of esters is 1. The highest BCUT2D eigenvalue weighted by atomic mass is 16.6. The highest BCUT2D eigenvalue weighted by molar-refractivity contribution is 5.92. The molecule has 0 spiro atoms. The zero-order valence-electron chi connectivity index (χ0n) is 22.6. The molecule has 3 unspecified atom stereocenters. The van der Waals surface area contributed by atoms with E-state index in [0.717, 1.165) is 0 Å². The molecule has 0 saturated heterocycles. The lowest BCUT2D eigenvalue weighted by Gasteiger charge is -2.37. The monoisotopic (exact) mass is 507 g/mol. The zero-order valence-corrected chi connectivity index (χ0v) is 22.6. The molecule has 0 heterocycles. The van der Waals surface area contributed by atoms with Gasteiger partial charge in [-0.1, -0.05) is 13.0 Å². The maximum absolute atomic E-state index is 13.6. The molecule has 10 heteroatoms. The van der Waals surface area contributed by atoms with Gasteiger partial charge in [0.15, 0.2) is 0 Å². The topological polar surface area (TPSA) is 134 Å². The normalized spacial score (nSPS) is 13.7. The van der Waals surface area contributed by atoms with Gasteiger partial charge in [-0.3, -0.25) is 14.4 Å². The fourth-order valence-corrected chi connectivity index (χ4v) is 3.47. The Labute approximate surface area is 213 Å². The Kier molecular flexibility index (Phi) is 11.7. The number of nitrogens with one attached hydrogen (secondary N) is 2. The average molecular weight is 508 g/mol. The third-order valence-corrected chi connectivity index (χ3v) is 5.42. The predicted octanol–water partition coefficient (Wildman–Crippen LogP) is 3.35. The molecule has 3 N–H and O–H groups in total. The van der Waals surface area contributed by atoms with Gasteiger partial charge in [-0.2, -0.15) is 0 Å². The van der Waals surface area contributed by atoms with Crippen LogP contribution >= 0.6 is 0 Å². The third-order valence-electron chi connectivity index (χ3n) is 5.42. The van der Waals surface area contributed by atoms with Crippen molar-refractivity contribution in [3.05, 3.63) is 29.3 Å². The lowest BCUT2D eigenvalue weighted by molar-refractivity contribution is -0.145. The van der Waals surface area contributed by atoms with Crippen LogP contribution in [0.3, 0.4) is 0 Å². The highest BCUT2D eigenvalue weighted by Crippen LogP contribution is 2.29. The van der Waals surface area contributed by atoms with E-state index in [-0.39, 0.29) is 31.4 Å². The zero-order chi connectivity index (χ0) is 27.6. The van der Waals surface area contributed by atoms with Crippen LogP contribution in [0.1, 0.15) is 78.5 Å². The molecule has 1 rings (SSSR count). The number of phenols is 1. The molecule has 0 fully saturated rings. The maximum Gasteiger partial charge on any atom is 0.408 e. The average Bonchev–Trinajstić information content (AvgIpc) is 2.77. The Morgan fingerprint density at radius 2 is 1.75 bits per heavy atom. The lowest BCUT2D eigenvalue weighted by Crippen LogP contribution is -2.54. The van der Waals surface area contributed by atoms with E-state index >= 15 is 0 Å². The maximum atomic E-state index is 13.6. The quantitative estimate of drug-likeness (QED) is 0.391. The van der Waals surface area contributed by atoms with Crippen molar-refractivity contribution in [3.63, 3.8) is 0 Å². The van der Waals surface area contributed by atoms with E-state index in [1.54, 1.807) is 46.8 Å². The van der Waals surface area contributed by atoms with E-state index < -0.39 is 41.6 Å². The number of ether oxygens (including phenoxy) is 2. The van der Waals surface area contributed by atoms with Gasteiger partial charge in [0.05, 0.1) is 13.0 Å². The van der Waals surface area contributed by atoms with E-state index in [9.17, 15) is 24.3 Å². The summed E-state index contributed by atoms with van der Waals surface area (Å²) in [5.41, 5.74) is 0.277. The molecule has 10 nitrogen and oxygen atoms in total. The molecule has 3 atom stereocenters. The highest BCUT2D eigenvalue weighted by Gasteiger charge is 2.37. The van der Waals surface area contributed by atoms with Crippen LogP contribution < -0.4 is 10.6 Å². The van der Waals surface area contributed by atoms with E-state index in [4.69, 9.17) is 9.47 Å². The minimum atomic E-state index is -1.07. The number of hydrogen-bond acceptors (Lipinski definition) is 7. The third kappa shape index (κ3) is 9.39. The molecule has 0 saturated carbocycles. The molecular weight excluding hydrogens is 466 g/mol. The molecule has 3 amide bonds. The first-order chi connectivity index (χ1) is 16.7. The smallest absolute Gasteiger partial charge is 0.408 e. The van der Waals surface area contributed by atoms with Gasteiger partial charge in [0.25, 0.3) is 0 Å². The summed E-state index contributed by atoms with van der Waals surface area (Å²) in [5, 5.41) is 15.3. The molecule has 36 heavy (non-hydrogen) atoms. The minimum absolute atomic E-state index is 0.0191. The summed E-state index contributed by atoms with van der Waals surface area (Å²) in [5.74, 6) is -1.37. The fourth-order valence-electron chi connectivity index (χ4n) is 3.47. The van der Waals surface area contributed by atoms with Crippen molar-refractivity contribution in [2.45, 2.75) is 92.0 Å². The summed E-state index contributed by atoms with van der Waals surface area (Å²) in [6.45, 7) is 14.0. The second-order valence-corrected chi connectivity index (χ2v) is 9.67. The van der Waals surface area contributed by atoms with Crippen LogP contribution in [0.25, 0.3) is 0 Å². The van der Waals surface area contributed by atoms with Crippen molar-refractivity contribution < 1.29 is 33.8 Å². The number of carbonyl (C=O) groups excluding carboxylic acids is 4. The molecule has 0 aromatic heterocycles. The van der Waals surface area contributed by atoms with Crippen LogP contribution in [-0.2, 0) is 23.9 Å². The van der Waals surface area contributed by atoms with Gasteiger partial charge in [0.1, 0.15) is 23.4 Å². The first-order valence-corrected chi connectivity index (χ1v) is 12.3. The van der Waals surface area contributed by atoms with Gasteiger partial charge >= 0.3 is 12.1 Å². The molecule has 202 valence electrons. The lowest BCUT2D eigenvalue weighted by atomic mass is 9.98. The molecule has 0 aliphatic carbocycles. The van der Waals surface area contributed by atoms with Crippen LogP contribution in [0.2, 0.25) is 0 Å². The van der Waals surface area contributed by atoms with Crippen molar-refractivity contribution in [1.82, 2.24) is 15.5 Å². The molecule has 0 radical (unpaired) electrons. The Balaban J connectivity index is 3.33. The SMILES string of the molecule is CCOC(=O)CCNC(=O)C(c1ccc(O)c(C)c1)N(C(=O)C(C)NC(=O)OC(C)(C)C)C(C)CC. The number of nitrogens with zero attached hydrogens (tertiary/aromatic N) is 1. The van der Waals surface area contributed by atoms with Crippen molar-refractivity contribution in [2.75, 3.05) is 13.2 Å². The van der Waals surface area contributed by atoms with Crippen molar-refractivity contribution in [3.8, 4) is 5.75 Å². The van der Waals surface area contributed by atoms with E-state index in [1.165, 1.54) is 17.9 Å². The molecular formula is C26H41N3O7. The number of rotatable bonds is 11. The van der Waals surface area contributed by atoms with Gasteiger partial charge in [-0.05, 0) is 78.1 Å². The van der Waals surface area contributed by atoms with Crippen molar-refractivity contribution in [2.24, 2.45) is 0 Å². The first kappa shape index (κ1) is 30.7. The van der Waals surface area contributed by atoms with Crippen LogP contribution in [0.5, 0.6) is 5.75 Å². The van der Waals surface area contributed by atoms with Gasteiger partial charge in [-0.15, -0.1) is 0 Å². The van der Waals surface area contributed by atoms with Crippen molar-refractivity contribution in [1.29, 1.82) is 0 Å². The molecule has 0 aliphatic rings. The summed E-state index contributed by atoms with van der Waals surface area (Å²) in [6.07, 6.45) is -0.230. The van der Waals surface area contributed by atoms with E-state index in [2.05, 4.69) is 10.6 Å². The number of phenolic OH excluding ortho intramolecular Hbond substituents is 1. The van der Waals surface area contributed by atoms with Crippen LogP contribution in [0.15, 0.2) is 18.2 Å². The summed E-state index contributed by atoms with van der Waals surface area (Å²) >= 11 is 0. The van der Waals surface area contributed by atoms with Gasteiger partial charge in [0, 0.05) is 12.6 Å². The number of benzene rings is 1. The van der Waals surface area contributed by atoms with Gasteiger partial charge in [-0.25, -0.2) is 4.79 Å². The fraction of sp³-hybridized carbons (Fsp3) is 0.615. The Morgan fingerprint density at radius 3 is 2.28 bits per heavy atom. The Bertz CT molecular complexity index is 927. The second-order valence-electron chi connectivity index (χ2n) is 9.67. The van der Waals surface area contributed by atoms with Gasteiger partial charge in [0.2, 0.25) is 11.8 Å². The molecule has 1 aromatic rings. The number of amides is 3. The number of hydrogen-bond donors (Lipinski definition) is 3. The Morgan fingerprint density at radius 1 is 1.11 bits per heavy atom. The van der Waals surface area contributed by atoms with Gasteiger partial charge < -0.3 is 30.1 Å². The second kappa shape index (κ2) is 13.7. The predicted molar refractivity (Wildman–Crippen MR) is 135 cm³/mol. The number of aromatic hydroxyl groups is 1. The summed E-state index contributed by atoms with van der Waals surface area (Å²) in [4.78, 5) is 52.5. The molecule has 0 bridgehead atoms. The van der Waals surface area contributed by atoms with Crippen LogP contribution in [0, 0.1) is 6.92 Å². The largest absolute Gasteiger partial charge is 0.508 e. The van der Waals surface area contributed by atoms with Crippen molar-refractivity contribution >= 4 is 23.9 Å². The molecule has 1 aromatic carbocycles. The summed E-state index contributed by atoms with van der Waals surface area (Å²) in [7, 11) is 0. The van der Waals surface area contributed by atoms with Crippen LogP contribution in [-0.4, -0.2) is 64.7 Å². The van der Waals surface area contributed by atoms with E-state index in [0.29, 0.717) is 17.5 Å². The number of alkyl carbamates (subject to hydrolysis) is 1. The minimum Gasteiger partial charge on any atom is -0.508 e.